The molecule has 0 fully saturated rings. The van der Waals surface area contributed by atoms with Crippen LogP contribution in [0.5, 0.6) is 5.75 Å². The Morgan fingerprint density at radius 1 is 1.00 bits per heavy atom. The Morgan fingerprint density at radius 2 is 1.48 bits per heavy atom. The number of carbonyl (C=O) groups is 1. The van der Waals surface area contributed by atoms with Crippen LogP contribution in [-0.4, -0.2) is 24.0 Å². The van der Waals surface area contributed by atoms with Crippen LogP contribution in [0.3, 0.4) is 0 Å². The average Bonchev–Trinajstić information content (AvgIpc) is 2.42. The van der Waals surface area contributed by atoms with Gasteiger partial charge in [0.1, 0.15) is 5.75 Å². The quantitative estimate of drug-likeness (QED) is 0.811. The second-order valence-corrected chi connectivity index (χ2v) is 4.77. The maximum atomic E-state index is 12.9. The lowest BCUT2D eigenvalue weighted by atomic mass is 9.94. The number of aryl methyl sites for hydroxylation is 1. The third-order valence-electron chi connectivity index (χ3n) is 3.36. The maximum Gasteiger partial charge on any atom is 0.420 e. The van der Waals surface area contributed by atoms with Crippen molar-refractivity contribution in [1.82, 2.24) is 5.32 Å². The molecular formula is C14H15F6NO2. The van der Waals surface area contributed by atoms with E-state index in [0.717, 1.165) is 10.9 Å². The number of hydrogen-bond acceptors (Lipinski definition) is 2. The third-order valence-corrected chi connectivity index (χ3v) is 3.36. The van der Waals surface area contributed by atoms with Crippen LogP contribution in [0.15, 0.2) is 24.3 Å². The van der Waals surface area contributed by atoms with Crippen LogP contribution in [0.1, 0.15) is 25.8 Å². The van der Waals surface area contributed by atoms with Crippen molar-refractivity contribution in [1.29, 1.82) is 0 Å². The third kappa shape index (κ3) is 4.08. The number of carbonyl (C=O) groups excluding carboxylic acids is 1. The molecule has 1 N–H and O–H groups in total. The standard InChI is InChI=1S/C14H15F6NO2/c1-3-9-5-7-10(8-6-9)23-11(22)21-12(4-2,13(15,16)17)14(18,19)20/h5-8H,3-4H2,1-2H3,(H,21,22). The fraction of sp³-hybridized carbons (Fsp3) is 0.500. The van der Waals surface area contributed by atoms with E-state index >= 15 is 0 Å². The summed E-state index contributed by atoms with van der Waals surface area (Å²) in [6.07, 6.45) is -14.0. The molecular weight excluding hydrogens is 328 g/mol. The highest BCUT2D eigenvalue weighted by molar-refractivity contribution is 5.71. The Balaban J connectivity index is 2.97. The van der Waals surface area contributed by atoms with Gasteiger partial charge in [-0.05, 0) is 30.5 Å². The van der Waals surface area contributed by atoms with Gasteiger partial charge in [-0.3, -0.25) is 5.32 Å². The fourth-order valence-electron chi connectivity index (χ4n) is 1.89. The van der Waals surface area contributed by atoms with Crippen LogP contribution >= 0.6 is 0 Å². The number of ether oxygens (including phenoxy) is 1. The van der Waals surface area contributed by atoms with Gasteiger partial charge in [0.2, 0.25) is 5.54 Å². The van der Waals surface area contributed by atoms with Gasteiger partial charge in [-0.1, -0.05) is 26.0 Å². The van der Waals surface area contributed by atoms with E-state index in [1.807, 2.05) is 6.92 Å². The molecule has 0 heterocycles. The molecule has 0 saturated carbocycles. The van der Waals surface area contributed by atoms with Crippen molar-refractivity contribution in [2.75, 3.05) is 0 Å². The molecule has 0 aromatic heterocycles. The molecule has 3 nitrogen and oxygen atoms in total. The van der Waals surface area contributed by atoms with Gasteiger partial charge >= 0.3 is 18.4 Å². The van der Waals surface area contributed by atoms with Crippen LogP contribution in [0.4, 0.5) is 31.1 Å². The van der Waals surface area contributed by atoms with E-state index in [1.54, 1.807) is 12.1 Å². The number of alkyl halides is 6. The first-order chi connectivity index (χ1) is 10.5. The zero-order valence-corrected chi connectivity index (χ0v) is 12.3. The fourth-order valence-corrected chi connectivity index (χ4v) is 1.89. The lowest BCUT2D eigenvalue weighted by molar-refractivity contribution is -0.305. The Hall–Kier alpha value is -1.93. The molecule has 23 heavy (non-hydrogen) atoms. The van der Waals surface area contributed by atoms with Gasteiger partial charge in [-0.15, -0.1) is 0 Å². The Labute approximate surface area is 128 Å². The average molecular weight is 343 g/mol. The maximum absolute atomic E-state index is 12.9. The van der Waals surface area contributed by atoms with Crippen LogP contribution in [0, 0.1) is 0 Å². The van der Waals surface area contributed by atoms with Crippen LogP contribution in [-0.2, 0) is 6.42 Å². The smallest absolute Gasteiger partial charge is 0.410 e. The van der Waals surface area contributed by atoms with E-state index in [2.05, 4.69) is 4.74 Å². The van der Waals surface area contributed by atoms with Gasteiger partial charge in [-0.25, -0.2) is 4.79 Å². The Morgan fingerprint density at radius 3 is 1.83 bits per heavy atom. The summed E-state index contributed by atoms with van der Waals surface area (Å²) in [6, 6.07) is 5.66. The van der Waals surface area contributed by atoms with Crippen LogP contribution < -0.4 is 10.1 Å². The lowest BCUT2D eigenvalue weighted by Gasteiger charge is -2.36. The topological polar surface area (TPSA) is 38.3 Å². The van der Waals surface area contributed by atoms with Crippen molar-refractivity contribution in [3.8, 4) is 5.75 Å². The molecule has 0 spiro atoms. The summed E-state index contributed by atoms with van der Waals surface area (Å²) in [5.41, 5.74) is -3.49. The van der Waals surface area contributed by atoms with Gasteiger partial charge in [0.15, 0.2) is 0 Å². The molecule has 0 aliphatic carbocycles. The van der Waals surface area contributed by atoms with Crippen LogP contribution in [0.2, 0.25) is 0 Å². The highest BCUT2D eigenvalue weighted by Gasteiger charge is 2.70. The predicted molar refractivity (Wildman–Crippen MR) is 70.1 cm³/mol. The van der Waals surface area contributed by atoms with Gasteiger partial charge < -0.3 is 4.74 Å². The first kappa shape index (κ1) is 19.1. The normalized spacial score (nSPS) is 12.9. The van der Waals surface area contributed by atoms with Crippen molar-refractivity contribution in [3.05, 3.63) is 29.8 Å². The second kappa shape index (κ2) is 6.67. The molecule has 0 bridgehead atoms. The van der Waals surface area contributed by atoms with Gasteiger partial charge in [0.05, 0.1) is 0 Å². The van der Waals surface area contributed by atoms with Gasteiger partial charge in [-0.2, -0.15) is 26.3 Å². The van der Waals surface area contributed by atoms with E-state index in [4.69, 9.17) is 0 Å². The van der Waals surface area contributed by atoms with E-state index < -0.39 is 30.4 Å². The Kier molecular flexibility index (Phi) is 5.55. The van der Waals surface area contributed by atoms with Gasteiger partial charge in [0, 0.05) is 0 Å². The first-order valence-corrected chi connectivity index (χ1v) is 6.69. The van der Waals surface area contributed by atoms with E-state index in [-0.39, 0.29) is 5.75 Å². The second-order valence-electron chi connectivity index (χ2n) is 4.77. The zero-order chi connectivity index (χ0) is 17.9. The highest BCUT2D eigenvalue weighted by Crippen LogP contribution is 2.45. The number of nitrogens with one attached hydrogen (secondary N) is 1. The van der Waals surface area contributed by atoms with Crippen molar-refractivity contribution in [2.45, 2.75) is 44.6 Å². The van der Waals surface area contributed by atoms with E-state index in [9.17, 15) is 31.1 Å². The summed E-state index contributed by atoms with van der Waals surface area (Å²) in [7, 11) is 0. The summed E-state index contributed by atoms with van der Waals surface area (Å²) in [6.45, 7) is 2.53. The number of hydrogen-bond donors (Lipinski definition) is 1. The van der Waals surface area contributed by atoms with E-state index in [1.165, 1.54) is 12.1 Å². The minimum absolute atomic E-state index is 0.158. The molecule has 1 amide bonds. The number of amides is 1. The summed E-state index contributed by atoms with van der Waals surface area (Å²) in [5, 5.41) is 0.926. The van der Waals surface area contributed by atoms with Crippen molar-refractivity contribution in [3.63, 3.8) is 0 Å². The van der Waals surface area contributed by atoms with Gasteiger partial charge in [0.25, 0.3) is 0 Å². The zero-order valence-electron chi connectivity index (χ0n) is 12.3. The lowest BCUT2D eigenvalue weighted by Crippen LogP contribution is -2.67. The molecule has 0 aliphatic heterocycles. The molecule has 1 rings (SSSR count). The molecule has 0 aliphatic rings. The number of rotatable bonds is 4. The molecule has 1 aromatic carbocycles. The monoisotopic (exact) mass is 343 g/mol. The first-order valence-electron chi connectivity index (χ1n) is 6.69. The largest absolute Gasteiger partial charge is 0.420 e. The number of halogens is 6. The molecule has 0 unspecified atom stereocenters. The molecule has 9 heteroatoms. The minimum atomic E-state index is -5.72. The molecule has 0 atom stereocenters. The summed E-state index contributed by atoms with van der Waals surface area (Å²) >= 11 is 0. The number of benzene rings is 1. The summed E-state index contributed by atoms with van der Waals surface area (Å²) in [5.74, 6) is -0.158. The minimum Gasteiger partial charge on any atom is -0.410 e. The van der Waals surface area contributed by atoms with Crippen molar-refractivity contribution in [2.24, 2.45) is 0 Å². The molecule has 0 radical (unpaired) electrons. The van der Waals surface area contributed by atoms with Crippen molar-refractivity contribution < 1.29 is 35.9 Å². The van der Waals surface area contributed by atoms with E-state index in [0.29, 0.717) is 13.3 Å². The highest BCUT2D eigenvalue weighted by atomic mass is 19.4. The molecule has 0 saturated heterocycles. The Bertz CT molecular complexity index is 522. The summed E-state index contributed by atoms with van der Waals surface area (Å²) < 4.78 is 81.8. The molecule has 1 aromatic rings. The van der Waals surface area contributed by atoms with Crippen molar-refractivity contribution >= 4 is 6.09 Å². The van der Waals surface area contributed by atoms with Crippen LogP contribution in [0.25, 0.3) is 0 Å². The SMILES string of the molecule is CCc1ccc(OC(=O)NC(CC)(C(F)(F)F)C(F)(F)F)cc1. The molecule has 130 valence electrons. The predicted octanol–water partition coefficient (Wildman–Crippen LogP) is 4.61. The summed E-state index contributed by atoms with van der Waals surface area (Å²) in [4.78, 5) is 11.5.